The Kier molecular flexibility index (Phi) is 7.70. The molecule has 3 heteroatoms. The largest absolute Gasteiger partial charge is 0.450 e. The van der Waals surface area contributed by atoms with Gasteiger partial charge in [-0.2, -0.15) is 11.8 Å². The van der Waals surface area contributed by atoms with Gasteiger partial charge in [0.25, 0.3) is 0 Å². The Morgan fingerprint density at radius 3 is 2.33 bits per heavy atom. The van der Waals surface area contributed by atoms with E-state index in [4.69, 9.17) is 9.47 Å². The van der Waals surface area contributed by atoms with Crippen LogP contribution in [0.2, 0.25) is 0 Å². The van der Waals surface area contributed by atoms with Crippen LogP contribution in [-0.4, -0.2) is 12.0 Å². The Morgan fingerprint density at radius 1 is 1.00 bits per heavy atom. The van der Waals surface area contributed by atoms with Crippen LogP contribution in [0.3, 0.4) is 0 Å². The number of rotatable bonds is 10. The third kappa shape index (κ3) is 6.07. The van der Waals surface area contributed by atoms with Gasteiger partial charge in [-0.15, -0.1) is 0 Å². The molecule has 0 radical (unpaired) electrons. The summed E-state index contributed by atoms with van der Waals surface area (Å²) in [6.07, 6.45) is 7.65. The molecule has 0 bridgehead atoms. The van der Waals surface area contributed by atoms with E-state index >= 15 is 0 Å². The first-order chi connectivity index (χ1) is 13.3. The lowest BCUT2D eigenvalue weighted by molar-refractivity contribution is 0.00539. The first-order valence-electron chi connectivity index (χ1n) is 9.97. The molecule has 0 amide bonds. The fourth-order valence-electron chi connectivity index (χ4n) is 3.32. The van der Waals surface area contributed by atoms with Gasteiger partial charge in [0.2, 0.25) is 6.29 Å². The molecular weight excluding hydrogens is 352 g/mol. The zero-order valence-corrected chi connectivity index (χ0v) is 17.2. The van der Waals surface area contributed by atoms with Crippen LogP contribution in [0.1, 0.15) is 38.7 Å². The highest BCUT2D eigenvalue weighted by molar-refractivity contribution is 7.98. The first kappa shape index (κ1) is 19.9. The van der Waals surface area contributed by atoms with Crippen LogP contribution in [0.15, 0.2) is 66.7 Å². The quantitative estimate of drug-likeness (QED) is 0.336. The number of benzene rings is 2. The summed E-state index contributed by atoms with van der Waals surface area (Å²) in [4.78, 5) is 0. The van der Waals surface area contributed by atoms with E-state index in [1.54, 1.807) is 0 Å². The number of allylic oxidation sites excluding steroid dienone is 1. The fourth-order valence-corrected chi connectivity index (χ4v) is 4.46. The lowest BCUT2D eigenvalue weighted by atomic mass is 9.93. The van der Waals surface area contributed by atoms with E-state index in [9.17, 15) is 0 Å². The van der Waals surface area contributed by atoms with Crippen molar-refractivity contribution >= 4 is 11.8 Å². The van der Waals surface area contributed by atoms with Crippen LogP contribution in [0.5, 0.6) is 11.5 Å². The van der Waals surface area contributed by atoms with Crippen molar-refractivity contribution in [2.75, 3.05) is 5.75 Å². The molecule has 0 aliphatic carbocycles. The highest BCUT2D eigenvalue weighted by Crippen LogP contribution is 2.38. The average Bonchev–Trinajstić information content (AvgIpc) is 3.13. The van der Waals surface area contributed by atoms with Crippen LogP contribution in [0, 0.1) is 11.8 Å². The molecule has 0 fully saturated rings. The molecule has 3 rings (SSSR count). The molecule has 2 atom stereocenters. The van der Waals surface area contributed by atoms with Gasteiger partial charge in [-0.1, -0.05) is 68.5 Å². The summed E-state index contributed by atoms with van der Waals surface area (Å²) in [7, 11) is 0. The van der Waals surface area contributed by atoms with E-state index < -0.39 is 0 Å². The van der Waals surface area contributed by atoms with Crippen LogP contribution in [0.25, 0.3) is 0 Å². The number of hydrogen-bond acceptors (Lipinski definition) is 3. The summed E-state index contributed by atoms with van der Waals surface area (Å²) in [6, 6.07) is 18.7. The van der Waals surface area contributed by atoms with E-state index in [2.05, 4.69) is 56.3 Å². The predicted octanol–water partition coefficient (Wildman–Crippen LogP) is 6.72. The third-order valence-electron chi connectivity index (χ3n) is 4.85. The molecule has 0 saturated carbocycles. The van der Waals surface area contributed by atoms with E-state index in [1.807, 2.05) is 36.0 Å². The van der Waals surface area contributed by atoms with Gasteiger partial charge in [0.05, 0.1) is 5.92 Å². The van der Waals surface area contributed by atoms with Crippen molar-refractivity contribution in [3.63, 3.8) is 0 Å². The lowest BCUT2D eigenvalue weighted by Gasteiger charge is -2.23. The number of thioether (sulfide) groups is 1. The standard InChI is InChI=1S/C24H30O2S/c1-3-4-12-21(24-25-22-13-8-9-14-23(22)26-24)17-19(2)15-16-27-18-20-10-6-5-7-11-20/h4-14,19,21,24H,3,15-18H2,1-2H3. The molecule has 2 nitrogen and oxygen atoms in total. The molecule has 2 aromatic rings. The highest BCUT2D eigenvalue weighted by Gasteiger charge is 2.31. The second-order valence-electron chi connectivity index (χ2n) is 7.22. The second kappa shape index (κ2) is 10.5. The van der Waals surface area contributed by atoms with Crippen LogP contribution >= 0.6 is 11.8 Å². The molecule has 0 N–H and O–H groups in total. The number of ether oxygens (including phenoxy) is 2. The Morgan fingerprint density at radius 2 is 1.67 bits per heavy atom. The Hall–Kier alpha value is -1.87. The smallest absolute Gasteiger partial charge is 0.247 e. The topological polar surface area (TPSA) is 18.5 Å². The first-order valence-corrected chi connectivity index (χ1v) is 11.1. The van der Waals surface area contributed by atoms with Crippen molar-refractivity contribution in [2.24, 2.45) is 11.8 Å². The summed E-state index contributed by atoms with van der Waals surface area (Å²) in [5, 5.41) is 0. The van der Waals surface area contributed by atoms with E-state index in [-0.39, 0.29) is 12.2 Å². The molecule has 1 aliphatic heterocycles. The molecule has 2 unspecified atom stereocenters. The second-order valence-corrected chi connectivity index (χ2v) is 8.32. The van der Waals surface area contributed by atoms with Crippen molar-refractivity contribution in [1.29, 1.82) is 0 Å². The molecule has 27 heavy (non-hydrogen) atoms. The summed E-state index contributed by atoms with van der Waals surface area (Å²) in [6.45, 7) is 4.51. The SMILES string of the molecule is CCC=CC(CC(C)CCSCc1ccccc1)C1Oc2ccccc2O1. The van der Waals surface area contributed by atoms with Gasteiger partial charge in [-0.05, 0) is 48.6 Å². The lowest BCUT2D eigenvalue weighted by Crippen LogP contribution is -2.29. The molecule has 1 aliphatic rings. The van der Waals surface area contributed by atoms with Gasteiger partial charge in [0, 0.05) is 5.75 Å². The summed E-state index contributed by atoms with van der Waals surface area (Å²) in [5.41, 5.74) is 1.41. The van der Waals surface area contributed by atoms with Crippen LogP contribution in [0.4, 0.5) is 0 Å². The van der Waals surface area contributed by atoms with E-state index in [0.29, 0.717) is 5.92 Å². The maximum Gasteiger partial charge on any atom is 0.247 e. The maximum atomic E-state index is 6.07. The van der Waals surface area contributed by atoms with Gasteiger partial charge in [-0.25, -0.2) is 0 Å². The van der Waals surface area contributed by atoms with E-state index in [0.717, 1.165) is 30.1 Å². The maximum absolute atomic E-state index is 6.07. The average molecular weight is 383 g/mol. The van der Waals surface area contributed by atoms with Gasteiger partial charge >= 0.3 is 0 Å². The Bertz CT molecular complexity index is 688. The van der Waals surface area contributed by atoms with Gasteiger partial charge < -0.3 is 9.47 Å². The zero-order valence-electron chi connectivity index (χ0n) is 16.3. The third-order valence-corrected chi connectivity index (χ3v) is 5.91. The van der Waals surface area contributed by atoms with Crippen LogP contribution < -0.4 is 9.47 Å². The van der Waals surface area contributed by atoms with Crippen molar-refractivity contribution in [3.8, 4) is 11.5 Å². The number of para-hydroxylation sites is 2. The minimum atomic E-state index is -0.204. The van der Waals surface area contributed by atoms with Crippen molar-refractivity contribution in [2.45, 2.75) is 45.2 Å². The molecule has 0 spiro atoms. The van der Waals surface area contributed by atoms with Gasteiger partial charge in [0.1, 0.15) is 0 Å². The highest BCUT2D eigenvalue weighted by atomic mass is 32.2. The minimum absolute atomic E-state index is 0.204. The molecule has 0 aromatic heterocycles. The monoisotopic (exact) mass is 382 g/mol. The molecule has 144 valence electrons. The molecule has 2 aromatic carbocycles. The normalized spacial score (nSPS) is 15.9. The van der Waals surface area contributed by atoms with Crippen molar-refractivity contribution in [3.05, 3.63) is 72.3 Å². The van der Waals surface area contributed by atoms with Gasteiger partial charge in [-0.3, -0.25) is 0 Å². The molecule has 1 heterocycles. The summed E-state index contributed by atoms with van der Waals surface area (Å²) < 4.78 is 12.1. The number of hydrogen-bond donors (Lipinski definition) is 0. The molecular formula is C24H30O2S. The number of fused-ring (bicyclic) bond motifs is 1. The van der Waals surface area contributed by atoms with Crippen LogP contribution in [-0.2, 0) is 5.75 Å². The van der Waals surface area contributed by atoms with Crippen molar-refractivity contribution < 1.29 is 9.47 Å². The summed E-state index contributed by atoms with van der Waals surface area (Å²) >= 11 is 2.02. The zero-order chi connectivity index (χ0) is 18.9. The predicted molar refractivity (Wildman–Crippen MR) is 115 cm³/mol. The Labute approximate surface area is 168 Å². The molecule has 0 saturated heterocycles. The summed E-state index contributed by atoms with van der Waals surface area (Å²) in [5.74, 6) is 4.93. The minimum Gasteiger partial charge on any atom is -0.450 e. The van der Waals surface area contributed by atoms with Crippen molar-refractivity contribution in [1.82, 2.24) is 0 Å². The van der Waals surface area contributed by atoms with Gasteiger partial charge in [0.15, 0.2) is 11.5 Å². The Balaban J connectivity index is 1.47. The fraction of sp³-hybridized carbons (Fsp3) is 0.417. The van der Waals surface area contributed by atoms with E-state index in [1.165, 1.54) is 17.7 Å².